The summed E-state index contributed by atoms with van der Waals surface area (Å²) in [5.41, 5.74) is 1.62. The number of amides is 1. The zero-order valence-corrected chi connectivity index (χ0v) is 13.4. The van der Waals surface area contributed by atoms with Gasteiger partial charge in [0.15, 0.2) is 5.13 Å². The summed E-state index contributed by atoms with van der Waals surface area (Å²) in [6, 6.07) is 2.33. The third-order valence-electron chi connectivity index (χ3n) is 3.84. The molecular formula is C15H20N4OS. The van der Waals surface area contributed by atoms with E-state index < -0.39 is 0 Å². The van der Waals surface area contributed by atoms with Crippen molar-refractivity contribution in [1.29, 1.82) is 0 Å². The van der Waals surface area contributed by atoms with Crippen LogP contribution in [0.1, 0.15) is 55.3 Å². The number of aromatic nitrogens is 3. The van der Waals surface area contributed by atoms with E-state index in [2.05, 4.69) is 23.9 Å². The first-order valence-corrected chi connectivity index (χ1v) is 8.29. The van der Waals surface area contributed by atoms with Gasteiger partial charge in [0.25, 0.3) is 5.91 Å². The van der Waals surface area contributed by atoms with Crippen LogP contribution in [0.3, 0.4) is 0 Å². The maximum absolute atomic E-state index is 13.0. The zero-order chi connectivity index (χ0) is 15.0. The topological polar surface area (TPSA) is 51.0 Å². The molecule has 3 rings (SSSR count). The quantitative estimate of drug-likeness (QED) is 0.850. The van der Waals surface area contributed by atoms with Crippen LogP contribution in [0.4, 0.5) is 5.13 Å². The van der Waals surface area contributed by atoms with E-state index in [9.17, 15) is 4.79 Å². The second kappa shape index (κ2) is 5.60. The zero-order valence-electron chi connectivity index (χ0n) is 12.6. The van der Waals surface area contributed by atoms with E-state index in [0.717, 1.165) is 30.1 Å². The maximum Gasteiger partial charge on any atom is 0.278 e. The van der Waals surface area contributed by atoms with Crippen molar-refractivity contribution in [1.82, 2.24) is 14.8 Å². The van der Waals surface area contributed by atoms with E-state index in [4.69, 9.17) is 0 Å². The molecule has 2 heterocycles. The first-order valence-electron chi connectivity index (χ1n) is 7.41. The van der Waals surface area contributed by atoms with Crippen LogP contribution >= 0.6 is 11.3 Å². The van der Waals surface area contributed by atoms with E-state index >= 15 is 0 Å². The van der Waals surface area contributed by atoms with Gasteiger partial charge in [-0.2, -0.15) is 5.10 Å². The van der Waals surface area contributed by atoms with Crippen LogP contribution in [0.5, 0.6) is 0 Å². The molecule has 0 N–H and O–H groups in total. The summed E-state index contributed by atoms with van der Waals surface area (Å²) >= 11 is 1.54. The summed E-state index contributed by atoms with van der Waals surface area (Å²) < 4.78 is 1.83. The third-order valence-corrected chi connectivity index (χ3v) is 4.80. The van der Waals surface area contributed by atoms with Crippen molar-refractivity contribution in [3.05, 3.63) is 29.0 Å². The minimum absolute atomic E-state index is 0.0182. The number of anilines is 1. The maximum atomic E-state index is 13.0. The molecule has 0 aromatic carbocycles. The van der Waals surface area contributed by atoms with Crippen molar-refractivity contribution in [2.24, 2.45) is 0 Å². The second-order valence-electron chi connectivity index (χ2n) is 5.60. The number of rotatable bonds is 5. The average Bonchev–Trinajstić information content (AvgIpc) is 3.01. The van der Waals surface area contributed by atoms with Gasteiger partial charge >= 0.3 is 0 Å². The van der Waals surface area contributed by atoms with Crippen LogP contribution < -0.4 is 4.90 Å². The largest absolute Gasteiger partial charge is 0.280 e. The standard InChI is InChI=1S/C15H20N4OS/c1-4-11(3)19-13(7-8-16-19)14(20)18(12-5-6-12)15-17-10(2)9-21-15/h7-9,11-12H,4-6H2,1-3H3. The van der Waals surface area contributed by atoms with Crippen LogP contribution in [0.25, 0.3) is 0 Å². The highest BCUT2D eigenvalue weighted by atomic mass is 32.1. The van der Waals surface area contributed by atoms with Crippen molar-refractivity contribution in [3.63, 3.8) is 0 Å². The Bertz CT molecular complexity index is 644. The number of aryl methyl sites for hydroxylation is 1. The molecule has 21 heavy (non-hydrogen) atoms. The lowest BCUT2D eigenvalue weighted by Crippen LogP contribution is -2.35. The summed E-state index contributed by atoms with van der Waals surface area (Å²) in [5.74, 6) is 0.0182. The molecule has 0 saturated heterocycles. The monoisotopic (exact) mass is 304 g/mol. The molecule has 1 amide bonds. The Balaban J connectivity index is 1.94. The summed E-state index contributed by atoms with van der Waals surface area (Å²) in [5, 5.41) is 7.11. The smallest absolute Gasteiger partial charge is 0.278 e. The second-order valence-corrected chi connectivity index (χ2v) is 6.43. The predicted octanol–water partition coefficient (Wildman–Crippen LogP) is 3.43. The van der Waals surface area contributed by atoms with Gasteiger partial charge in [0, 0.05) is 23.7 Å². The first kappa shape index (κ1) is 14.3. The number of carbonyl (C=O) groups excluding carboxylic acids is 1. The summed E-state index contributed by atoms with van der Waals surface area (Å²) in [4.78, 5) is 19.3. The summed E-state index contributed by atoms with van der Waals surface area (Å²) in [6.07, 6.45) is 4.77. The van der Waals surface area contributed by atoms with Crippen molar-refractivity contribution in [2.75, 3.05) is 4.90 Å². The van der Waals surface area contributed by atoms with Gasteiger partial charge in [-0.1, -0.05) is 6.92 Å². The highest BCUT2D eigenvalue weighted by Crippen LogP contribution is 2.35. The molecule has 2 aromatic rings. The molecule has 1 fully saturated rings. The molecule has 0 bridgehead atoms. The lowest BCUT2D eigenvalue weighted by atomic mass is 10.2. The summed E-state index contributed by atoms with van der Waals surface area (Å²) in [7, 11) is 0. The van der Waals surface area contributed by atoms with Gasteiger partial charge in [-0.25, -0.2) is 4.98 Å². The fourth-order valence-electron chi connectivity index (χ4n) is 2.33. The molecule has 1 aliphatic rings. The first-order chi connectivity index (χ1) is 10.1. The molecule has 1 saturated carbocycles. The number of thiazole rings is 1. The van der Waals surface area contributed by atoms with Gasteiger partial charge in [-0.05, 0) is 39.2 Å². The number of hydrogen-bond donors (Lipinski definition) is 0. The Morgan fingerprint density at radius 2 is 2.33 bits per heavy atom. The van der Waals surface area contributed by atoms with Crippen LogP contribution in [0, 0.1) is 6.92 Å². The lowest BCUT2D eigenvalue weighted by Gasteiger charge is -2.21. The normalized spacial score (nSPS) is 16.0. The van der Waals surface area contributed by atoms with Gasteiger partial charge in [0.05, 0.1) is 5.69 Å². The SMILES string of the molecule is CCC(C)n1nccc1C(=O)N(c1nc(C)cs1)C1CC1. The van der Waals surface area contributed by atoms with E-state index in [0.29, 0.717) is 11.7 Å². The van der Waals surface area contributed by atoms with Gasteiger partial charge < -0.3 is 0 Å². The molecule has 1 atom stereocenters. The molecule has 1 aliphatic carbocycles. The Hall–Kier alpha value is -1.69. The minimum atomic E-state index is 0.0182. The summed E-state index contributed by atoms with van der Waals surface area (Å²) in [6.45, 7) is 6.14. The van der Waals surface area contributed by atoms with E-state index in [1.54, 1.807) is 6.20 Å². The Labute approximate surface area is 128 Å². The van der Waals surface area contributed by atoms with Crippen LogP contribution in [-0.2, 0) is 0 Å². The molecule has 0 aliphatic heterocycles. The Kier molecular flexibility index (Phi) is 3.80. The van der Waals surface area contributed by atoms with E-state index in [1.165, 1.54) is 11.3 Å². The average molecular weight is 304 g/mol. The fourth-order valence-corrected chi connectivity index (χ4v) is 3.20. The van der Waals surface area contributed by atoms with Crippen molar-refractivity contribution >= 4 is 22.4 Å². The van der Waals surface area contributed by atoms with Crippen molar-refractivity contribution < 1.29 is 4.79 Å². The van der Waals surface area contributed by atoms with E-state index in [1.807, 2.05) is 28.0 Å². The molecule has 0 spiro atoms. The third kappa shape index (κ3) is 2.72. The van der Waals surface area contributed by atoms with E-state index in [-0.39, 0.29) is 11.9 Å². The Morgan fingerprint density at radius 1 is 1.57 bits per heavy atom. The van der Waals surface area contributed by atoms with Crippen molar-refractivity contribution in [3.8, 4) is 0 Å². The Morgan fingerprint density at radius 3 is 2.90 bits per heavy atom. The van der Waals surface area contributed by atoms with Crippen LogP contribution in [0.2, 0.25) is 0 Å². The fraction of sp³-hybridized carbons (Fsp3) is 0.533. The van der Waals surface area contributed by atoms with Gasteiger partial charge in [0.1, 0.15) is 5.69 Å². The molecule has 112 valence electrons. The minimum Gasteiger partial charge on any atom is -0.280 e. The number of carbonyl (C=O) groups is 1. The number of hydrogen-bond acceptors (Lipinski definition) is 4. The molecule has 5 nitrogen and oxygen atoms in total. The van der Waals surface area contributed by atoms with Crippen molar-refractivity contribution in [2.45, 2.75) is 52.1 Å². The van der Waals surface area contributed by atoms with Gasteiger partial charge in [-0.3, -0.25) is 14.4 Å². The lowest BCUT2D eigenvalue weighted by molar-refractivity contribution is 0.0972. The molecule has 2 aromatic heterocycles. The number of nitrogens with zero attached hydrogens (tertiary/aromatic N) is 4. The van der Waals surface area contributed by atoms with Crippen LogP contribution in [0.15, 0.2) is 17.6 Å². The molecule has 0 radical (unpaired) electrons. The molecular weight excluding hydrogens is 284 g/mol. The van der Waals surface area contributed by atoms with Gasteiger partial charge in [0.2, 0.25) is 0 Å². The molecule has 1 unspecified atom stereocenters. The highest BCUT2D eigenvalue weighted by Gasteiger charge is 2.37. The highest BCUT2D eigenvalue weighted by molar-refractivity contribution is 7.14. The van der Waals surface area contributed by atoms with Gasteiger partial charge in [-0.15, -0.1) is 11.3 Å². The molecule has 6 heteroatoms. The van der Waals surface area contributed by atoms with Crippen LogP contribution in [-0.4, -0.2) is 26.7 Å². The predicted molar refractivity (Wildman–Crippen MR) is 83.9 cm³/mol.